The van der Waals surface area contributed by atoms with Gasteiger partial charge in [-0.15, -0.1) is 0 Å². The number of hydrogen-bond donors (Lipinski definition) is 2. The van der Waals surface area contributed by atoms with Crippen LogP contribution in [0.4, 0.5) is 0 Å². The van der Waals surface area contributed by atoms with Crippen molar-refractivity contribution < 1.29 is 14.3 Å². The fourth-order valence-electron chi connectivity index (χ4n) is 2.71. The molecule has 0 bridgehead atoms. The number of aromatic amines is 1. The van der Waals surface area contributed by atoms with Crippen molar-refractivity contribution in [2.75, 3.05) is 20.2 Å². The number of nitrogens with zero attached hydrogens (tertiary/aromatic N) is 3. The van der Waals surface area contributed by atoms with Gasteiger partial charge in [0.1, 0.15) is 12.4 Å². The summed E-state index contributed by atoms with van der Waals surface area (Å²) < 4.78 is 11.3. The second kappa shape index (κ2) is 10.8. The molecule has 0 radical (unpaired) electrons. The van der Waals surface area contributed by atoms with Crippen LogP contribution >= 0.6 is 0 Å². The van der Waals surface area contributed by atoms with Crippen LogP contribution in [0.5, 0.6) is 17.5 Å². The van der Waals surface area contributed by atoms with Gasteiger partial charge in [0, 0.05) is 24.5 Å². The van der Waals surface area contributed by atoms with E-state index in [9.17, 15) is 4.79 Å². The van der Waals surface area contributed by atoms with Gasteiger partial charge >= 0.3 is 0 Å². The van der Waals surface area contributed by atoms with E-state index >= 15 is 0 Å². The molecule has 0 saturated carbocycles. The van der Waals surface area contributed by atoms with E-state index in [1.54, 1.807) is 24.3 Å². The quantitative estimate of drug-likeness (QED) is 0.329. The number of aromatic nitrogens is 4. The summed E-state index contributed by atoms with van der Waals surface area (Å²) in [6.07, 6.45) is 3.07. The molecule has 2 heterocycles. The normalized spacial score (nSPS) is 10.3. The molecule has 0 saturated heterocycles. The van der Waals surface area contributed by atoms with Gasteiger partial charge in [0.15, 0.2) is 5.82 Å². The predicted octanol–water partition coefficient (Wildman–Crippen LogP) is 4.00. The molecule has 4 aromatic rings. The molecule has 0 amide bonds. The highest BCUT2D eigenvalue weighted by atomic mass is 16.5. The van der Waals surface area contributed by atoms with Gasteiger partial charge in [-0.2, -0.15) is 0 Å². The fourth-order valence-corrected chi connectivity index (χ4v) is 2.71. The molecule has 160 valence electrons. The standard InChI is InChI=1S/C21H19N5O3.C2H6/c1-22-12-13-28-20-21(24-11-10-23-20)29-15-8-6-14(7-9-15)18(27)19-25-16-4-2-3-5-17(16)26-19;1-2/h2-11,22H,12-13H2,1H3,(H,25,26);1-2H3. The molecule has 0 aliphatic rings. The molecular weight excluding hydrogens is 394 g/mol. The number of rotatable bonds is 8. The fraction of sp³-hybridized carbons (Fsp3) is 0.217. The van der Waals surface area contributed by atoms with Gasteiger partial charge in [-0.25, -0.2) is 15.0 Å². The topological polar surface area (TPSA) is 102 Å². The van der Waals surface area contributed by atoms with E-state index in [4.69, 9.17) is 9.47 Å². The first-order valence-corrected chi connectivity index (χ1v) is 10.1. The summed E-state index contributed by atoms with van der Waals surface area (Å²) in [5.74, 6) is 1.20. The molecule has 0 atom stereocenters. The molecule has 0 aliphatic heterocycles. The van der Waals surface area contributed by atoms with Crippen molar-refractivity contribution in [1.29, 1.82) is 0 Å². The lowest BCUT2D eigenvalue weighted by Gasteiger charge is -2.10. The van der Waals surface area contributed by atoms with Crippen LogP contribution in [0.3, 0.4) is 0 Å². The Balaban J connectivity index is 0.00000132. The SMILES string of the molecule is CC.CNCCOc1nccnc1Oc1ccc(C(=O)c2nc3ccccc3[nH]2)cc1. The van der Waals surface area contributed by atoms with Gasteiger partial charge in [0.2, 0.25) is 5.78 Å². The van der Waals surface area contributed by atoms with E-state index in [0.717, 1.165) is 11.0 Å². The van der Waals surface area contributed by atoms with Crippen LogP contribution in [-0.4, -0.2) is 45.9 Å². The van der Waals surface area contributed by atoms with Crippen LogP contribution in [0.25, 0.3) is 11.0 Å². The van der Waals surface area contributed by atoms with Crippen molar-refractivity contribution in [3.8, 4) is 17.5 Å². The molecule has 8 nitrogen and oxygen atoms in total. The average Bonchev–Trinajstić information content (AvgIpc) is 3.26. The minimum Gasteiger partial charge on any atom is -0.472 e. The third kappa shape index (κ3) is 5.43. The van der Waals surface area contributed by atoms with Gasteiger partial charge in [0.25, 0.3) is 11.8 Å². The lowest BCUT2D eigenvalue weighted by molar-refractivity contribution is 0.103. The Labute approximate surface area is 180 Å². The van der Waals surface area contributed by atoms with Gasteiger partial charge in [-0.05, 0) is 43.4 Å². The predicted molar refractivity (Wildman–Crippen MR) is 119 cm³/mol. The molecule has 0 aliphatic carbocycles. The molecule has 4 rings (SSSR count). The first kappa shape index (κ1) is 21.9. The maximum atomic E-state index is 12.7. The zero-order valence-electron chi connectivity index (χ0n) is 17.8. The Morgan fingerprint density at radius 1 is 1.00 bits per heavy atom. The number of imidazole rings is 1. The number of ketones is 1. The summed E-state index contributed by atoms with van der Waals surface area (Å²) >= 11 is 0. The number of fused-ring (bicyclic) bond motifs is 1. The Hall–Kier alpha value is -3.78. The second-order valence-electron chi connectivity index (χ2n) is 6.18. The largest absolute Gasteiger partial charge is 0.472 e. The number of carbonyl (C=O) groups is 1. The molecule has 0 fully saturated rings. The number of benzene rings is 2. The number of carbonyl (C=O) groups excluding carboxylic acids is 1. The smallest absolute Gasteiger partial charge is 0.283 e. The second-order valence-corrected chi connectivity index (χ2v) is 6.18. The van der Waals surface area contributed by atoms with Crippen molar-refractivity contribution >= 4 is 16.8 Å². The third-order valence-corrected chi connectivity index (χ3v) is 4.16. The van der Waals surface area contributed by atoms with E-state index in [1.165, 1.54) is 12.4 Å². The molecule has 8 heteroatoms. The molecule has 2 N–H and O–H groups in total. The molecule has 0 spiro atoms. The van der Waals surface area contributed by atoms with Crippen LogP contribution in [-0.2, 0) is 0 Å². The summed E-state index contributed by atoms with van der Waals surface area (Å²) in [6.45, 7) is 5.12. The summed E-state index contributed by atoms with van der Waals surface area (Å²) in [7, 11) is 1.84. The van der Waals surface area contributed by atoms with Gasteiger partial charge < -0.3 is 19.8 Å². The van der Waals surface area contributed by atoms with E-state index < -0.39 is 0 Å². The highest BCUT2D eigenvalue weighted by Crippen LogP contribution is 2.27. The zero-order chi connectivity index (χ0) is 22.1. The number of likely N-dealkylation sites (N-methyl/N-ethyl adjacent to an activating group) is 1. The maximum absolute atomic E-state index is 12.7. The van der Waals surface area contributed by atoms with Gasteiger partial charge in [-0.3, -0.25) is 4.79 Å². The van der Waals surface area contributed by atoms with Crippen LogP contribution in [0.2, 0.25) is 0 Å². The van der Waals surface area contributed by atoms with Crippen LogP contribution in [0.15, 0.2) is 60.9 Å². The van der Waals surface area contributed by atoms with Crippen molar-refractivity contribution in [1.82, 2.24) is 25.3 Å². The van der Waals surface area contributed by atoms with Crippen molar-refractivity contribution in [2.45, 2.75) is 13.8 Å². The van der Waals surface area contributed by atoms with Crippen LogP contribution < -0.4 is 14.8 Å². The Kier molecular flexibility index (Phi) is 7.67. The maximum Gasteiger partial charge on any atom is 0.283 e. The summed E-state index contributed by atoms with van der Waals surface area (Å²) in [6, 6.07) is 14.3. The Morgan fingerprint density at radius 2 is 1.71 bits per heavy atom. The third-order valence-electron chi connectivity index (χ3n) is 4.16. The van der Waals surface area contributed by atoms with Crippen molar-refractivity contribution in [3.05, 3.63) is 72.3 Å². The lowest BCUT2D eigenvalue weighted by Crippen LogP contribution is -2.16. The molecular formula is C23H25N5O3. The monoisotopic (exact) mass is 419 g/mol. The van der Waals surface area contributed by atoms with Crippen LogP contribution in [0, 0.1) is 0 Å². The molecule has 31 heavy (non-hydrogen) atoms. The van der Waals surface area contributed by atoms with Gasteiger partial charge in [-0.1, -0.05) is 26.0 Å². The minimum atomic E-state index is -0.191. The molecule has 0 unspecified atom stereocenters. The number of H-pyrrole nitrogens is 1. The van der Waals surface area contributed by atoms with E-state index in [-0.39, 0.29) is 11.7 Å². The Morgan fingerprint density at radius 3 is 2.42 bits per heavy atom. The highest BCUT2D eigenvalue weighted by molar-refractivity contribution is 6.08. The number of ether oxygens (including phenoxy) is 2. The minimum absolute atomic E-state index is 0.191. The Bertz CT molecular complexity index is 1090. The van der Waals surface area contributed by atoms with E-state index in [1.807, 2.05) is 45.2 Å². The number of hydrogen-bond acceptors (Lipinski definition) is 7. The number of nitrogens with one attached hydrogen (secondary N) is 2. The zero-order valence-corrected chi connectivity index (χ0v) is 17.8. The molecule has 2 aromatic carbocycles. The highest BCUT2D eigenvalue weighted by Gasteiger charge is 2.15. The van der Waals surface area contributed by atoms with Crippen LogP contribution in [0.1, 0.15) is 30.0 Å². The van der Waals surface area contributed by atoms with E-state index in [2.05, 4.69) is 25.3 Å². The first-order valence-electron chi connectivity index (χ1n) is 10.1. The van der Waals surface area contributed by atoms with Crippen molar-refractivity contribution in [2.24, 2.45) is 0 Å². The summed E-state index contributed by atoms with van der Waals surface area (Å²) in [4.78, 5) is 28.4. The lowest BCUT2D eigenvalue weighted by atomic mass is 10.1. The molecule has 2 aromatic heterocycles. The number of para-hydroxylation sites is 2. The first-order chi connectivity index (χ1) is 15.2. The summed E-state index contributed by atoms with van der Waals surface area (Å²) in [5.41, 5.74) is 2.08. The van der Waals surface area contributed by atoms with Gasteiger partial charge in [0.05, 0.1) is 11.0 Å². The van der Waals surface area contributed by atoms with Crippen molar-refractivity contribution in [3.63, 3.8) is 0 Å². The van der Waals surface area contributed by atoms with E-state index in [0.29, 0.717) is 36.2 Å². The average molecular weight is 419 g/mol. The summed E-state index contributed by atoms with van der Waals surface area (Å²) in [5, 5.41) is 2.99.